The van der Waals surface area contributed by atoms with E-state index in [4.69, 9.17) is 9.47 Å². The number of nitrogens with one attached hydrogen (secondary N) is 1. The van der Waals surface area contributed by atoms with Gasteiger partial charge >= 0.3 is 12.1 Å². The third-order valence-corrected chi connectivity index (χ3v) is 5.89. The van der Waals surface area contributed by atoms with Crippen LogP contribution in [-0.4, -0.2) is 56.0 Å². The molecule has 1 aliphatic carbocycles. The highest BCUT2D eigenvalue weighted by Gasteiger charge is 2.31. The molecule has 3 aromatic carbocycles. The molecule has 0 saturated heterocycles. The lowest BCUT2D eigenvalue weighted by Gasteiger charge is -2.26. The van der Waals surface area contributed by atoms with Crippen LogP contribution in [0.1, 0.15) is 17.0 Å². The van der Waals surface area contributed by atoms with Gasteiger partial charge in [0.1, 0.15) is 19.2 Å². The number of nitrogens with zero attached hydrogens (tertiary/aromatic N) is 1. The third kappa shape index (κ3) is 5.33. The van der Waals surface area contributed by atoms with E-state index in [0.29, 0.717) is 5.69 Å². The Labute approximate surface area is 203 Å². The Morgan fingerprint density at radius 3 is 2.06 bits per heavy atom. The number of carbonyl (C=O) groups excluding carboxylic acids is 2. The van der Waals surface area contributed by atoms with Crippen LogP contribution in [0.25, 0.3) is 11.1 Å². The first kappa shape index (κ1) is 24.0. The number of carboxylic acids is 1. The molecule has 0 fully saturated rings. The Morgan fingerprint density at radius 1 is 0.914 bits per heavy atom. The quantitative estimate of drug-likeness (QED) is 0.490. The number of alkyl carbamates (subject to hydrolysis) is 1. The van der Waals surface area contributed by atoms with Crippen LogP contribution in [0.15, 0.2) is 78.9 Å². The van der Waals surface area contributed by atoms with Crippen LogP contribution in [0.5, 0.6) is 0 Å². The van der Waals surface area contributed by atoms with Crippen molar-refractivity contribution in [3.8, 4) is 11.1 Å². The number of carboxylic acid groups (broad SMARTS) is 1. The first-order valence-electron chi connectivity index (χ1n) is 11.2. The molecule has 8 nitrogen and oxygen atoms in total. The Kier molecular flexibility index (Phi) is 7.42. The standard InChI is InChI=1S/C27H26N2O6/c1-34-17-24(26(32)29(15-25(30)31)18-9-3-2-4-10-18)28-27(33)35-16-23-21-13-7-5-11-19(21)20-12-6-8-14-22(20)23/h2-14,23-24H,15-17H2,1H3,(H,28,33)(H,30,31)/t24-/m0/s1. The second-order valence-corrected chi connectivity index (χ2v) is 8.13. The maximum absolute atomic E-state index is 13.2. The van der Waals surface area contributed by atoms with Gasteiger partial charge < -0.3 is 19.9 Å². The van der Waals surface area contributed by atoms with Crippen molar-refractivity contribution >= 4 is 23.7 Å². The predicted octanol–water partition coefficient (Wildman–Crippen LogP) is 3.66. The zero-order chi connectivity index (χ0) is 24.8. The van der Waals surface area contributed by atoms with E-state index >= 15 is 0 Å². The van der Waals surface area contributed by atoms with Crippen molar-refractivity contribution in [2.75, 3.05) is 31.8 Å². The van der Waals surface area contributed by atoms with Crippen LogP contribution in [0.3, 0.4) is 0 Å². The normalized spacial score (nSPS) is 12.8. The highest BCUT2D eigenvalue weighted by molar-refractivity contribution is 6.01. The number of methoxy groups -OCH3 is 1. The zero-order valence-electron chi connectivity index (χ0n) is 19.2. The molecule has 0 radical (unpaired) electrons. The van der Waals surface area contributed by atoms with E-state index in [1.807, 2.05) is 48.5 Å². The molecule has 0 aliphatic heterocycles. The minimum absolute atomic E-state index is 0.0886. The van der Waals surface area contributed by atoms with Crippen molar-refractivity contribution < 1.29 is 29.0 Å². The fourth-order valence-corrected chi connectivity index (χ4v) is 4.35. The summed E-state index contributed by atoms with van der Waals surface area (Å²) in [6.45, 7) is -0.618. The molecule has 0 unspecified atom stereocenters. The second-order valence-electron chi connectivity index (χ2n) is 8.13. The largest absolute Gasteiger partial charge is 0.480 e. The zero-order valence-corrected chi connectivity index (χ0v) is 19.2. The molecule has 1 atom stereocenters. The van der Waals surface area contributed by atoms with E-state index in [2.05, 4.69) is 5.32 Å². The Bertz CT molecular complexity index is 1170. The molecule has 0 heterocycles. The van der Waals surface area contributed by atoms with Gasteiger partial charge in [0.2, 0.25) is 0 Å². The summed E-state index contributed by atoms with van der Waals surface area (Å²) in [6, 6.07) is 23.2. The molecule has 2 N–H and O–H groups in total. The number of hydrogen-bond acceptors (Lipinski definition) is 5. The number of ether oxygens (including phenoxy) is 2. The molecular weight excluding hydrogens is 448 g/mol. The minimum atomic E-state index is -1.18. The van der Waals surface area contributed by atoms with E-state index in [1.54, 1.807) is 30.3 Å². The predicted molar refractivity (Wildman–Crippen MR) is 130 cm³/mol. The molecular formula is C27H26N2O6. The maximum atomic E-state index is 13.2. The SMILES string of the molecule is COC[C@H](NC(=O)OCC1c2ccccc2-c2ccccc21)C(=O)N(CC(=O)O)c1ccccc1. The number of aliphatic carboxylic acids is 1. The number of benzene rings is 3. The summed E-state index contributed by atoms with van der Waals surface area (Å²) in [4.78, 5) is 38.4. The number of carbonyl (C=O) groups is 3. The molecule has 1 aliphatic rings. The molecule has 180 valence electrons. The van der Waals surface area contributed by atoms with Crippen LogP contribution in [0.2, 0.25) is 0 Å². The van der Waals surface area contributed by atoms with E-state index < -0.39 is 30.6 Å². The van der Waals surface area contributed by atoms with Gasteiger partial charge in [-0.25, -0.2) is 4.79 Å². The monoisotopic (exact) mass is 474 g/mol. The number of hydrogen-bond donors (Lipinski definition) is 2. The number of anilines is 1. The molecule has 4 rings (SSSR count). The summed E-state index contributed by atoms with van der Waals surface area (Å²) in [6.07, 6.45) is -0.786. The van der Waals surface area contributed by atoms with Crippen LogP contribution in [0, 0.1) is 0 Å². The van der Waals surface area contributed by atoms with Crippen molar-refractivity contribution in [1.82, 2.24) is 5.32 Å². The number of amides is 2. The summed E-state index contributed by atoms with van der Waals surface area (Å²) < 4.78 is 10.7. The fraction of sp³-hybridized carbons (Fsp3) is 0.222. The third-order valence-electron chi connectivity index (χ3n) is 5.89. The second kappa shape index (κ2) is 10.8. The lowest BCUT2D eigenvalue weighted by atomic mass is 9.98. The molecule has 3 aromatic rings. The summed E-state index contributed by atoms with van der Waals surface area (Å²) >= 11 is 0. The van der Waals surface area contributed by atoms with Gasteiger partial charge in [0, 0.05) is 18.7 Å². The van der Waals surface area contributed by atoms with Crippen molar-refractivity contribution in [3.05, 3.63) is 90.0 Å². The highest BCUT2D eigenvalue weighted by Crippen LogP contribution is 2.44. The number of rotatable bonds is 9. The number of fused-ring (bicyclic) bond motifs is 3. The molecule has 0 saturated carbocycles. The lowest BCUT2D eigenvalue weighted by Crippen LogP contribution is -2.52. The minimum Gasteiger partial charge on any atom is -0.480 e. The van der Waals surface area contributed by atoms with E-state index in [-0.39, 0.29) is 19.1 Å². The van der Waals surface area contributed by atoms with Gasteiger partial charge in [0.15, 0.2) is 0 Å². The van der Waals surface area contributed by atoms with E-state index in [9.17, 15) is 19.5 Å². The van der Waals surface area contributed by atoms with Crippen LogP contribution in [0.4, 0.5) is 10.5 Å². The molecule has 0 spiro atoms. The van der Waals surface area contributed by atoms with Gasteiger partial charge in [-0.15, -0.1) is 0 Å². The van der Waals surface area contributed by atoms with Crippen molar-refractivity contribution in [2.45, 2.75) is 12.0 Å². The Morgan fingerprint density at radius 2 is 1.49 bits per heavy atom. The van der Waals surface area contributed by atoms with Gasteiger partial charge in [-0.2, -0.15) is 0 Å². The van der Waals surface area contributed by atoms with Gasteiger partial charge in [-0.05, 0) is 34.4 Å². The van der Waals surface area contributed by atoms with Crippen molar-refractivity contribution in [1.29, 1.82) is 0 Å². The van der Waals surface area contributed by atoms with Gasteiger partial charge in [-0.1, -0.05) is 66.7 Å². The van der Waals surface area contributed by atoms with Gasteiger partial charge in [-0.3, -0.25) is 14.5 Å². The van der Waals surface area contributed by atoms with Gasteiger partial charge in [0.05, 0.1) is 6.61 Å². The van der Waals surface area contributed by atoms with Crippen LogP contribution in [-0.2, 0) is 19.1 Å². The summed E-state index contributed by atoms with van der Waals surface area (Å²) in [5, 5.41) is 11.9. The first-order valence-corrected chi connectivity index (χ1v) is 11.2. The van der Waals surface area contributed by atoms with Gasteiger partial charge in [0.25, 0.3) is 5.91 Å². The molecule has 0 bridgehead atoms. The average Bonchev–Trinajstić information content (AvgIpc) is 3.19. The number of para-hydroxylation sites is 1. The van der Waals surface area contributed by atoms with E-state index in [0.717, 1.165) is 27.2 Å². The lowest BCUT2D eigenvalue weighted by molar-refractivity contribution is -0.137. The van der Waals surface area contributed by atoms with Crippen molar-refractivity contribution in [2.24, 2.45) is 0 Å². The Balaban J connectivity index is 1.47. The molecule has 35 heavy (non-hydrogen) atoms. The molecule has 8 heteroatoms. The fourth-order valence-electron chi connectivity index (χ4n) is 4.35. The first-order chi connectivity index (χ1) is 17.0. The maximum Gasteiger partial charge on any atom is 0.407 e. The molecule has 0 aromatic heterocycles. The topological polar surface area (TPSA) is 105 Å². The Hall–Kier alpha value is -4.17. The molecule has 2 amide bonds. The summed E-state index contributed by atoms with van der Waals surface area (Å²) in [5.41, 5.74) is 4.76. The van der Waals surface area contributed by atoms with Crippen LogP contribution >= 0.6 is 0 Å². The smallest absolute Gasteiger partial charge is 0.407 e. The highest BCUT2D eigenvalue weighted by atomic mass is 16.5. The summed E-state index contributed by atoms with van der Waals surface area (Å²) in [5.74, 6) is -1.92. The van der Waals surface area contributed by atoms with Crippen molar-refractivity contribution in [3.63, 3.8) is 0 Å². The van der Waals surface area contributed by atoms with E-state index in [1.165, 1.54) is 7.11 Å². The van der Waals surface area contributed by atoms with Crippen LogP contribution < -0.4 is 10.2 Å². The average molecular weight is 475 g/mol. The summed E-state index contributed by atoms with van der Waals surface area (Å²) in [7, 11) is 1.39.